The van der Waals surface area contributed by atoms with Crippen LogP contribution in [-0.2, 0) is 19.1 Å². The molecular formula is C14H23FO4. The minimum Gasteiger partial charge on any atom is -0.463 e. The summed E-state index contributed by atoms with van der Waals surface area (Å²) in [4.78, 5) is 23.4. The molecule has 0 aromatic heterocycles. The molecule has 0 bridgehead atoms. The number of esters is 2. The number of hydrogen-bond acceptors (Lipinski definition) is 4. The number of allylic oxidation sites excluding steroid dienone is 1. The standard InChI is InChI=1S/C14H23FO4/c1-6-7-14(15,12(16)18-8-10(2)3)13(17)19-9-11(4)5/h6,10-11H,1,7-9H2,2-5H3. The molecule has 0 radical (unpaired) electrons. The van der Waals surface area contributed by atoms with Crippen molar-refractivity contribution in [1.82, 2.24) is 0 Å². The third-order valence-electron chi connectivity index (χ3n) is 2.17. The van der Waals surface area contributed by atoms with Crippen molar-refractivity contribution in [3.8, 4) is 0 Å². The highest BCUT2D eigenvalue weighted by Gasteiger charge is 2.49. The summed E-state index contributed by atoms with van der Waals surface area (Å²) in [6.45, 7) is 10.7. The van der Waals surface area contributed by atoms with Crippen LogP contribution in [0.4, 0.5) is 4.39 Å². The molecule has 0 aliphatic carbocycles. The summed E-state index contributed by atoms with van der Waals surface area (Å²) >= 11 is 0. The SMILES string of the molecule is C=CCC(F)(C(=O)OCC(C)C)C(=O)OCC(C)C. The molecular weight excluding hydrogens is 251 g/mol. The van der Waals surface area contributed by atoms with Crippen molar-refractivity contribution in [2.45, 2.75) is 39.8 Å². The number of hydrogen-bond donors (Lipinski definition) is 0. The van der Waals surface area contributed by atoms with Crippen LogP contribution in [0.5, 0.6) is 0 Å². The van der Waals surface area contributed by atoms with E-state index >= 15 is 0 Å². The first-order chi connectivity index (χ1) is 8.74. The minimum atomic E-state index is -2.80. The Kier molecular flexibility index (Phi) is 7.34. The van der Waals surface area contributed by atoms with Crippen molar-refractivity contribution >= 4 is 11.9 Å². The topological polar surface area (TPSA) is 52.6 Å². The van der Waals surface area contributed by atoms with E-state index in [9.17, 15) is 14.0 Å². The Bertz CT molecular complexity index is 299. The van der Waals surface area contributed by atoms with Gasteiger partial charge in [-0.05, 0) is 11.8 Å². The molecule has 0 saturated carbocycles. The summed E-state index contributed by atoms with van der Waals surface area (Å²) in [6.07, 6.45) is 0.703. The van der Waals surface area contributed by atoms with Gasteiger partial charge in [0.25, 0.3) is 0 Å². The van der Waals surface area contributed by atoms with Crippen LogP contribution < -0.4 is 0 Å². The minimum absolute atomic E-state index is 0.0547. The molecule has 0 atom stereocenters. The van der Waals surface area contributed by atoms with Gasteiger partial charge in [0.15, 0.2) is 0 Å². The van der Waals surface area contributed by atoms with Crippen molar-refractivity contribution in [3.63, 3.8) is 0 Å². The quantitative estimate of drug-likeness (QED) is 0.388. The second-order valence-electron chi connectivity index (χ2n) is 5.28. The molecule has 0 aliphatic heterocycles. The van der Waals surface area contributed by atoms with Crippen LogP contribution in [0, 0.1) is 11.8 Å². The van der Waals surface area contributed by atoms with E-state index in [4.69, 9.17) is 9.47 Å². The number of ether oxygens (including phenoxy) is 2. The van der Waals surface area contributed by atoms with Gasteiger partial charge in [-0.2, -0.15) is 0 Å². The van der Waals surface area contributed by atoms with E-state index in [0.29, 0.717) is 0 Å². The fourth-order valence-electron chi connectivity index (χ4n) is 1.16. The van der Waals surface area contributed by atoms with Crippen LogP contribution in [0.15, 0.2) is 12.7 Å². The maximum atomic E-state index is 14.5. The van der Waals surface area contributed by atoms with Gasteiger partial charge in [0.05, 0.1) is 13.2 Å². The molecule has 5 heteroatoms. The van der Waals surface area contributed by atoms with E-state index in [1.54, 1.807) is 0 Å². The molecule has 0 rings (SSSR count). The third kappa shape index (κ3) is 5.85. The summed E-state index contributed by atoms with van der Waals surface area (Å²) < 4.78 is 24.0. The molecule has 0 spiro atoms. The van der Waals surface area contributed by atoms with E-state index in [1.165, 1.54) is 0 Å². The zero-order valence-electron chi connectivity index (χ0n) is 12.1. The third-order valence-corrected chi connectivity index (χ3v) is 2.17. The Hall–Kier alpha value is -1.39. The molecule has 0 aromatic carbocycles. The maximum Gasteiger partial charge on any atom is 0.356 e. The lowest BCUT2D eigenvalue weighted by atomic mass is 10.0. The molecule has 0 fully saturated rings. The zero-order valence-corrected chi connectivity index (χ0v) is 12.1. The number of alkyl halides is 1. The number of carbonyl (C=O) groups excluding carboxylic acids is 2. The van der Waals surface area contributed by atoms with Crippen LogP contribution in [0.25, 0.3) is 0 Å². The normalized spacial score (nSPS) is 11.5. The van der Waals surface area contributed by atoms with Crippen molar-refractivity contribution in [3.05, 3.63) is 12.7 Å². The van der Waals surface area contributed by atoms with Crippen molar-refractivity contribution in [2.24, 2.45) is 11.8 Å². The number of rotatable bonds is 8. The summed E-state index contributed by atoms with van der Waals surface area (Å²) in [7, 11) is 0. The Labute approximate surface area is 114 Å². The van der Waals surface area contributed by atoms with Crippen LogP contribution in [0.3, 0.4) is 0 Å². The van der Waals surface area contributed by atoms with Crippen LogP contribution >= 0.6 is 0 Å². The maximum absolute atomic E-state index is 14.5. The molecule has 19 heavy (non-hydrogen) atoms. The summed E-state index contributed by atoms with van der Waals surface area (Å²) in [5.41, 5.74) is -2.80. The Morgan fingerprint density at radius 3 is 1.74 bits per heavy atom. The van der Waals surface area contributed by atoms with Gasteiger partial charge in [-0.15, -0.1) is 6.58 Å². The Morgan fingerprint density at radius 2 is 1.47 bits per heavy atom. The summed E-state index contributed by atoms with van der Waals surface area (Å²) in [5, 5.41) is 0. The predicted molar refractivity (Wildman–Crippen MR) is 70.2 cm³/mol. The van der Waals surface area contributed by atoms with E-state index in [1.807, 2.05) is 27.7 Å². The lowest BCUT2D eigenvalue weighted by Gasteiger charge is -2.21. The average molecular weight is 274 g/mol. The summed E-state index contributed by atoms with van der Waals surface area (Å²) in [6, 6.07) is 0. The lowest BCUT2D eigenvalue weighted by Crippen LogP contribution is -2.45. The fourth-order valence-corrected chi connectivity index (χ4v) is 1.16. The van der Waals surface area contributed by atoms with Gasteiger partial charge in [0.1, 0.15) is 0 Å². The Balaban J connectivity index is 4.76. The molecule has 0 saturated heterocycles. The van der Waals surface area contributed by atoms with Gasteiger partial charge in [0, 0.05) is 6.42 Å². The van der Waals surface area contributed by atoms with E-state index < -0.39 is 24.0 Å². The van der Waals surface area contributed by atoms with Gasteiger partial charge in [0.2, 0.25) is 0 Å². The van der Waals surface area contributed by atoms with Gasteiger partial charge in [-0.1, -0.05) is 33.8 Å². The lowest BCUT2D eigenvalue weighted by molar-refractivity contribution is -0.175. The van der Waals surface area contributed by atoms with E-state index in [-0.39, 0.29) is 25.0 Å². The molecule has 110 valence electrons. The van der Waals surface area contributed by atoms with Crippen LogP contribution in [-0.4, -0.2) is 30.8 Å². The van der Waals surface area contributed by atoms with Crippen molar-refractivity contribution < 1.29 is 23.5 Å². The Morgan fingerprint density at radius 1 is 1.11 bits per heavy atom. The van der Waals surface area contributed by atoms with E-state index in [0.717, 1.165) is 6.08 Å². The van der Waals surface area contributed by atoms with Gasteiger partial charge < -0.3 is 9.47 Å². The second kappa shape index (κ2) is 7.92. The molecule has 4 nitrogen and oxygen atoms in total. The largest absolute Gasteiger partial charge is 0.463 e. The molecule has 0 unspecified atom stereocenters. The van der Waals surface area contributed by atoms with E-state index in [2.05, 4.69) is 6.58 Å². The van der Waals surface area contributed by atoms with Crippen LogP contribution in [0.1, 0.15) is 34.1 Å². The molecule has 0 aliphatic rings. The number of halogens is 1. The second-order valence-corrected chi connectivity index (χ2v) is 5.28. The van der Waals surface area contributed by atoms with Crippen molar-refractivity contribution in [1.29, 1.82) is 0 Å². The number of carbonyl (C=O) groups is 2. The smallest absolute Gasteiger partial charge is 0.356 e. The summed E-state index contributed by atoms with van der Waals surface area (Å²) in [5.74, 6) is -2.31. The highest BCUT2D eigenvalue weighted by Crippen LogP contribution is 2.22. The molecule has 0 aromatic rings. The first-order valence-corrected chi connectivity index (χ1v) is 6.38. The molecule has 0 amide bonds. The van der Waals surface area contributed by atoms with Gasteiger partial charge >= 0.3 is 17.6 Å². The molecule has 0 heterocycles. The van der Waals surface area contributed by atoms with Gasteiger partial charge in [-0.3, -0.25) is 0 Å². The zero-order chi connectivity index (χ0) is 15.1. The van der Waals surface area contributed by atoms with Crippen molar-refractivity contribution in [2.75, 3.05) is 13.2 Å². The predicted octanol–water partition coefficient (Wildman–Crippen LogP) is 2.67. The van der Waals surface area contributed by atoms with Crippen LogP contribution in [0.2, 0.25) is 0 Å². The average Bonchev–Trinajstić information content (AvgIpc) is 2.32. The van der Waals surface area contributed by atoms with Gasteiger partial charge in [-0.25, -0.2) is 14.0 Å². The molecule has 0 N–H and O–H groups in total. The first kappa shape index (κ1) is 17.6. The highest BCUT2D eigenvalue weighted by atomic mass is 19.1. The highest BCUT2D eigenvalue weighted by molar-refractivity contribution is 6.03. The monoisotopic (exact) mass is 274 g/mol. The first-order valence-electron chi connectivity index (χ1n) is 6.38. The fraction of sp³-hybridized carbons (Fsp3) is 0.714.